The minimum atomic E-state index is 0. The molecule has 1 aliphatic rings. The van der Waals surface area contributed by atoms with Crippen LogP contribution in [0.15, 0.2) is 22.9 Å². The second-order valence-electron chi connectivity index (χ2n) is 4.05. The molecule has 1 atom stereocenters. The number of halogens is 3. The first-order valence-corrected chi connectivity index (χ1v) is 6.54. The van der Waals surface area contributed by atoms with Crippen molar-refractivity contribution in [1.82, 2.24) is 15.2 Å². The van der Waals surface area contributed by atoms with Crippen molar-refractivity contribution >= 4 is 40.7 Å². The van der Waals surface area contributed by atoms with E-state index < -0.39 is 0 Å². The largest absolute Gasteiger partial charge is 0.314 e. The van der Waals surface area contributed by atoms with E-state index in [9.17, 15) is 0 Å². The van der Waals surface area contributed by atoms with Crippen LogP contribution in [-0.4, -0.2) is 36.1 Å². The summed E-state index contributed by atoms with van der Waals surface area (Å²) in [6.45, 7) is 3.93. The smallest absolute Gasteiger partial charge is 0.110 e. The van der Waals surface area contributed by atoms with Gasteiger partial charge in [0.25, 0.3) is 0 Å². The zero-order chi connectivity index (χ0) is 12.1. The standard InChI is InChI=1S/C12H15BrN4.2ClH/c13-12-10(2-1-5-16-12)11(3-4-14)17-8-6-15-7-9-17;;/h1-2,5,11,15H,3,6-9H2;2*1H/t11-;;/m1../s1. The Kier molecular flexibility index (Phi) is 9.32. The number of rotatable bonds is 3. The minimum Gasteiger partial charge on any atom is -0.314 e. The molecule has 2 rings (SSSR count). The summed E-state index contributed by atoms with van der Waals surface area (Å²) in [5.41, 5.74) is 1.11. The summed E-state index contributed by atoms with van der Waals surface area (Å²) in [4.78, 5) is 6.59. The fourth-order valence-corrected chi connectivity index (χ4v) is 2.68. The van der Waals surface area contributed by atoms with Crippen molar-refractivity contribution in [2.24, 2.45) is 0 Å². The van der Waals surface area contributed by atoms with Crippen molar-refractivity contribution in [2.45, 2.75) is 12.5 Å². The predicted molar refractivity (Wildman–Crippen MR) is 83.8 cm³/mol. The van der Waals surface area contributed by atoms with E-state index in [0.717, 1.165) is 36.3 Å². The number of hydrogen-bond acceptors (Lipinski definition) is 4. The van der Waals surface area contributed by atoms with E-state index in [0.29, 0.717) is 6.42 Å². The minimum absolute atomic E-state index is 0. The van der Waals surface area contributed by atoms with E-state index in [1.807, 2.05) is 12.1 Å². The van der Waals surface area contributed by atoms with Gasteiger partial charge in [0.05, 0.1) is 18.5 Å². The third-order valence-electron chi connectivity index (χ3n) is 3.02. The average Bonchev–Trinajstić information content (AvgIpc) is 2.38. The van der Waals surface area contributed by atoms with Crippen LogP contribution in [0.2, 0.25) is 0 Å². The van der Waals surface area contributed by atoms with Crippen molar-refractivity contribution in [3.63, 3.8) is 0 Å². The Morgan fingerprint density at radius 2 is 2.11 bits per heavy atom. The molecule has 4 nitrogen and oxygen atoms in total. The van der Waals surface area contributed by atoms with E-state index in [-0.39, 0.29) is 30.9 Å². The van der Waals surface area contributed by atoms with E-state index in [1.165, 1.54) is 0 Å². The van der Waals surface area contributed by atoms with Gasteiger partial charge in [-0.3, -0.25) is 4.90 Å². The normalized spacial score (nSPS) is 16.6. The zero-order valence-corrected chi connectivity index (χ0v) is 13.6. The summed E-state index contributed by atoms with van der Waals surface area (Å²) in [5, 5.41) is 12.3. The lowest BCUT2D eigenvalue weighted by Gasteiger charge is -2.34. The van der Waals surface area contributed by atoms with Crippen molar-refractivity contribution < 1.29 is 0 Å². The van der Waals surface area contributed by atoms with E-state index in [4.69, 9.17) is 5.26 Å². The molecule has 1 aromatic heterocycles. The number of nitrogens with zero attached hydrogens (tertiary/aromatic N) is 3. The third kappa shape index (κ3) is 4.90. The molecule has 0 saturated carbocycles. The van der Waals surface area contributed by atoms with Gasteiger partial charge in [0, 0.05) is 37.9 Å². The Morgan fingerprint density at radius 3 is 2.68 bits per heavy atom. The molecule has 19 heavy (non-hydrogen) atoms. The predicted octanol–water partition coefficient (Wildman–Crippen LogP) is 2.55. The van der Waals surface area contributed by atoms with Crippen molar-refractivity contribution in [3.05, 3.63) is 28.5 Å². The fourth-order valence-electron chi connectivity index (χ4n) is 2.16. The lowest BCUT2D eigenvalue weighted by molar-refractivity contribution is 0.175. The van der Waals surface area contributed by atoms with Gasteiger partial charge in [-0.2, -0.15) is 5.26 Å². The van der Waals surface area contributed by atoms with Crippen LogP contribution in [0.4, 0.5) is 0 Å². The van der Waals surface area contributed by atoms with E-state index >= 15 is 0 Å². The topological polar surface area (TPSA) is 52.0 Å². The zero-order valence-electron chi connectivity index (χ0n) is 10.4. The molecule has 2 heterocycles. The highest BCUT2D eigenvalue weighted by Crippen LogP contribution is 2.28. The summed E-state index contributed by atoms with van der Waals surface area (Å²) in [6, 6.07) is 6.39. The van der Waals surface area contributed by atoms with Crippen LogP contribution >= 0.6 is 40.7 Å². The molecule has 1 fully saturated rings. The molecule has 1 aliphatic heterocycles. The Hall–Kier alpha value is -0.380. The van der Waals surface area contributed by atoms with Gasteiger partial charge in [-0.1, -0.05) is 6.07 Å². The van der Waals surface area contributed by atoms with Gasteiger partial charge < -0.3 is 5.32 Å². The monoisotopic (exact) mass is 366 g/mol. The molecule has 0 aliphatic carbocycles. The van der Waals surface area contributed by atoms with Gasteiger partial charge in [-0.25, -0.2) is 4.98 Å². The van der Waals surface area contributed by atoms with Crippen LogP contribution in [0.3, 0.4) is 0 Å². The van der Waals surface area contributed by atoms with E-state index in [1.54, 1.807) is 6.20 Å². The van der Waals surface area contributed by atoms with Crippen LogP contribution in [-0.2, 0) is 0 Å². The lowest BCUT2D eigenvalue weighted by Crippen LogP contribution is -2.45. The SMILES string of the molecule is Cl.Cl.N#CC[C@H](c1cccnc1Br)N1CCNCC1. The third-order valence-corrected chi connectivity index (χ3v) is 3.69. The highest BCUT2D eigenvalue weighted by Gasteiger charge is 2.23. The number of hydrogen-bond donors (Lipinski definition) is 1. The first-order chi connectivity index (χ1) is 8.33. The summed E-state index contributed by atoms with van der Waals surface area (Å²) >= 11 is 3.47. The van der Waals surface area contributed by atoms with Crippen molar-refractivity contribution in [1.29, 1.82) is 5.26 Å². The summed E-state index contributed by atoms with van der Waals surface area (Å²) in [5.74, 6) is 0. The molecule has 1 N–H and O–H groups in total. The van der Waals surface area contributed by atoms with Crippen molar-refractivity contribution in [3.8, 4) is 6.07 Å². The molecule has 0 unspecified atom stereocenters. The second-order valence-corrected chi connectivity index (χ2v) is 4.80. The molecule has 0 aromatic carbocycles. The number of nitrogens with one attached hydrogen (secondary N) is 1. The molecule has 1 saturated heterocycles. The number of aromatic nitrogens is 1. The average molecular weight is 368 g/mol. The highest BCUT2D eigenvalue weighted by molar-refractivity contribution is 9.10. The summed E-state index contributed by atoms with van der Waals surface area (Å²) in [7, 11) is 0. The first kappa shape index (κ1) is 18.6. The Labute approximate surface area is 134 Å². The van der Waals surface area contributed by atoms with E-state index in [2.05, 4.69) is 37.2 Å². The van der Waals surface area contributed by atoms with Gasteiger partial charge >= 0.3 is 0 Å². The van der Waals surface area contributed by atoms with Crippen LogP contribution in [0.5, 0.6) is 0 Å². The fraction of sp³-hybridized carbons (Fsp3) is 0.500. The summed E-state index contributed by atoms with van der Waals surface area (Å²) in [6.07, 6.45) is 2.26. The summed E-state index contributed by atoms with van der Waals surface area (Å²) < 4.78 is 0.846. The molecule has 0 amide bonds. The molecule has 7 heteroatoms. The first-order valence-electron chi connectivity index (χ1n) is 5.75. The maximum atomic E-state index is 8.99. The van der Waals surface area contributed by atoms with Gasteiger partial charge in [-0.05, 0) is 22.0 Å². The van der Waals surface area contributed by atoms with Crippen molar-refractivity contribution in [2.75, 3.05) is 26.2 Å². The number of pyridine rings is 1. The van der Waals surface area contributed by atoms with Gasteiger partial charge in [0.2, 0.25) is 0 Å². The van der Waals surface area contributed by atoms with Crippen LogP contribution in [0, 0.1) is 11.3 Å². The Balaban J connectivity index is 0.00000162. The Morgan fingerprint density at radius 1 is 1.42 bits per heavy atom. The van der Waals surface area contributed by atoms with Crippen LogP contribution in [0.25, 0.3) is 0 Å². The van der Waals surface area contributed by atoms with Crippen LogP contribution < -0.4 is 5.32 Å². The molecule has 106 valence electrons. The molecule has 0 radical (unpaired) electrons. The van der Waals surface area contributed by atoms with Gasteiger partial charge in [0.15, 0.2) is 0 Å². The molecule has 0 spiro atoms. The molecular formula is C12H17BrCl2N4. The van der Waals surface area contributed by atoms with Gasteiger partial charge in [0.1, 0.15) is 4.60 Å². The molecular weight excluding hydrogens is 351 g/mol. The quantitative estimate of drug-likeness (QED) is 0.834. The molecule has 1 aromatic rings. The highest BCUT2D eigenvalue weighted by atomic mass is 79.9. The molecule has 0 bridgehead atoms. The van der Waals surface area contributed by atoms with Gasteiger partial charge in [-0.15, -0.1) is 24.8 Å². The van der Waals surface area contributed by atoms with Crippen LogP contribution in [0.1, 0.15) is 18.0 Å². The lowest BCUT2D eigenvalue weighted by atomic mass is 10.0. The number of piperazine rings is 1. The maximum Gasteiger partial charge on any atom is 0.110 e. The Bertz CT molecular complexity index is 418. The maximum absolute atomic E-state index is 8.99. The number of nitriles is 1. The second kappa shape index (κ2) is 9.51.